The van der Waals surface area contributed by atoms with Crippen molar-refractivity contribution in [2.45, 2.75) is 26.2 Å². The van der Waals surface area contributed by atoms with Crippen LogP contribution in [0.25, 0.3) is 0 Å². The highest BCUT2D eigenvalue weighted by molar-refractivity contribution is 6.08. The number of carbonyl (C=O) groups is 2. The number of hydrogen-bond acceptors (Lipinski definition) is 2. The minimum Gasteiger partial charge on any atom is -0.296 e. The van der Waals surface area contributed by atoms with Crippen molar-refractivity contribution in [3.63, 3.8) is 0 Å². The number of rotatable bonds is 3. The van der Waals surface area contributed by atoms with Crippen LogP contribution >= 0.6 is 0 Å². The van der Waals surface area contributed by atoms with Gasteiger partial charge in [-0.15, -0.1) is 0 Å². The third-order valence-corrected chi connectivity index (χ3v) is 1.33. The Bertz CT molecular complexity index is 219. The SMILES string of the molecule is CC(C)C(=O)C(F)C(=O)C(F)(F)F. The molecule has 6 heteroatoms. The average molecular weight is 200 g/mol. The van der Waals surface area contributed by atoms with E-state index in [-0.39, 0.29) is 0 Å². The second-order valence-electron chi connectivity index (χ2n) is 2.78. The summed E-state index contributed by atoms with van der Waals surface area (Å²) in [6, 6.07) is 0. The molecule has 0 saturated carbocycles. The minimum absolute atomic E-state index is 0.929. The van der Waals surface area contributed by atoms with Crippen LogP contribution in [0, 0.1) is 5.92 Å². The molecule has 76 valence electrons. The van der Waals surface area contributed by atoms with Gasteiger partial charge in [0.25, 0.3) is 5.78 Å². The van der Waals surface area contributed by atoms with Crippen LogP contribution in [0.1, 0.15) is 13.8 Å². The Morgan fingerprint density at radius 1 is 1.15 bits per heavy atom. The van der Waals surface area contributed by atoms with E-state index in [0.29, 0.717) is 0 Å². The first-order chi connectivity index (χ1) is 5.68. The third kappa shape index (κ3) is 3.12. The second kappa shape index (κ2) is 3.85. The molecule has 0 aromatic heterocycles. The van der Waals surface area contributed by atoms with Crippen LogP contribution in [0.15, 0.2) is 0 Å². The lowest BCUT2D eigenvalue weighted by molar-refractivity contribution is -0.177. The summed E-state index contributed by atoms with van der Waals surface area (Å²) in [5.41, 5.74) is 0. The van der Waals surface area contributed by atoms with Gasteiger partial charge >= 0.3 is 6.18 Å². The van der Waals surface area contributed by atoms with Crippen LogP contribution in [0.5, 0.6) is 0 Å². The highest BCUT2D eigenvalue weighted by atomic mass is 19.4. The topological polar surface area (TPSA) is 34.1 Å². The van der Waals surface area contributed by atoms with Crippen molar-refractivity contribution in [3.8, 4) is 0 Å². The molecule has 0 aliphatic carbocycles. The Morgan fingerprint density at radius 3 is 1.77 bits per heavy atom. The maximum absolute atomic E-state index is 12.5. The monoisotopic (exact) mass is 200 g/mol. The predicted octanol–water partition coefficient (Wildman–Crippen LogP) is 1.68. The number of hydrogen-bond donors (Lipinski definition) is 0. The number of ketones is 2. The first-order valence-corrected chi connectivity index (χ1v) is 3.46. The maximum Gasteiger partial charge on any atom is 0.453 e. The van der Waals surface area contributed by atoms with Gasteiger partial charge in [0.05, 0.1) is 0 Å². The Labute approximate surface area is 71.9 Å². The molecule has 0 aromatic rings. The molecule has 0 N–H and O–H groups in total. The van der Waals surface area contributed by atoms with E-state index >= 15 is 0 Å². The molecule has 0 aliphatic heterocycles. The molecule has 0 aliphatic rings. The van der Waals surface area contributed by atoms with Gasteiger partial charge in [0, 0.05) is 5.92 Å². The average Bonchev–Trinajstić information content (AvgIpc) is 1.98. The van der Waals surface area contributed by atoms with Crippen molar-refractivity contribution in [3.05, 3.63) is 0 Å². The molecule has 0 bridgehead atoms. The zero-order valence-corrected chi connectivity index (χ0v) is 6.98. The minimum atomic E-state index is -5.29. The molecule has 1 atom stereocenters. The molecule has 13 heavy (non-hydrogen) atoms. The van der Waals surface area contributed by atoms with Crippen LogP contribution in [0.3, 0.4) is 0 Å². The fraction of sp³-hybridized carbons (Fsp3) is 0.714. The summed E-state index contributed by atoms with van der Waals surface area (Å²) in [5, 5.41) is 0. The van der Waals surface area contributed by atoms with E-state index < -0.39 is 29.8 Å². The van der Waals surface area contributed by atoms with Gasteiger partial charge in [0.15, 0.2) is 5.78 Å². The van der Waals surface area contributed by atoms with Crippen molar-refractivity contribution in [2.75, 3.05) is 0 Å². The van der Waals surface area contributed by atoms with Gasteiger partial charge in [-0.2, -0.15) is 13.2 Å². The largest absolute Gasteiger partial charge is 0.453 e. The molecular formula is C7H8F4O2. The molecule has 0 spiro atoms. The quantitative estimate of drug-likeness (QED) is 0.513. The van der Waals surface area contributed by atoms with Gasteiger partial charge in [-0.25, -0.2) is 4.39 Å². The van der Waals surface area contributed by atoms with E-state index in [9.17, 15) is 27.2 Å². The summed E-state index contributed by atoms with van der Waals surface area (Å²) in [5.74, 6) is -4.91. The van der Waals surface area contributed by atoms with Crippen molar-refractivity contribution in [1.29, 1.82) is 0 Å². The molecule has 2 nitrogen and oxygen atoms in total. The third-order valence-electron chi connectivity index (χ3n) is 1.33. The molecule has 0 rings (SSSR count). The van der Waals surface area contributed by atoms with Crippen LogP contribution in [0.2, 0.25) is 0 Å². The highest BCUT2D eigenvalue weighted by Crippen LogP contribution is 2.21. The first-order valence-electron chi connectivity index (χ1n) is 3.46. The normalized spacial score (nSPS) is 14.4. The van der Waals surface area contributed by atoms with Gasteiger partial charge in [-0.1, -0.05) is 13.8 Å². The molecule has 0 aromatic carbocycles. The van der Waals surface area contributed by atoms with Crippen molar-refractivity contribution >= 4 is 11.6 Å². The fourth-order valence-corrected chi connectivity index (χ4v) is 0.566. The number of halogens is 4. The van der Waals surface area contributed by atoms with Gasteiger partial charge < -0.3 is 0 Å². The van der Waals surface area contributed by atoms with Crippen LogP contribution in [-0.4, -0.2) is 23.9 Å². The lowest BCUT2D eigenvalue weighted by atomic mass is 10.0. The smallest absolute Gasteiger partial charge is 0.296 e. The van der Waals surface area contributed by atoms with E-state index in [0.717, 1.165) is 0 Å². The van der Waals surface area contributed by atoms with E-state index in [4.69, 9.17) is 0 Å². The summed E-state index contributed by atoms with van der Waals surface area (Å²) >= 11 is 0. The molecule has 1 unspecified atom stereocenters. The standard InChI is InChI=1S/C7H8F4O2/c1-3(2)5(12)4(8)6(13)7(9,10)11/h3-4H,1-2H3. The Kier molecular flexibility index (Phi) is 3.57. The lowest BCUT2D eigenvalue weighted by Gasteiger charge is -2.10. The Balaban J connectivity index is 4.54. The van der Waals surface area contributed by atoms with Crippen LogP contribution in [0.4, 0.5) is 17.6 Å². The summed E-state index contributed by atoms with van der Waals surface area (Å²) in [6.07, 6.45) is -8.37. The number of carbonyl (C=O) groups excluding carboxylic acids is 2. The van der Waals surface area contributed by atoms with E-state index in [1.165, 1.54) is 13.8 Å². The Morgan fingerprint density at radius 2 is 1.54 bits per heavy atom. The fourth-order valence-electron chi connectivity index (χ4n) is 0.566. The van der Waals surface area contributed by atoms with Crippen LogP contribution < -0.4 is 0 Å². The summed E-state index contributed by atoms with van der Waals surface area (Å²) < 4.78 is 47.3. The van der Waals surface area contributed by atoms with E-state index in [1.807, 2.05) is 0 Å². The second-order valence-corrected chi connectivity index (χ2v) is 2.78. The molecule has 0 heterocycles. The molecular weight excluding hydrogens is 192 g/mol. The summed E-state index contributed by atoms with van der Waals surface area (Å²) in [4.78, 5) is 20.8. The first kappa shape index (κ1) is 12.1. The van der Waals surface area contributed by atoms with E-state index in [2.05, 4.69) is 0 Å². The number of Topliss-reactive ketones (excluding diaryl/α,β-unsaturated/α-hetero) is 2. The van der Waals surface area contributed by atoms with Crippen molar-refractivity contribution in [2.24, 2.45) is 5.92 Å². The van der Waals surface area contributed by atoms with Gasteiger partial charge in [-0.05, 0) is 0 Å². The zero-order valence-electron chi connectivity index (χ0n) is 6.98. The van der Waals surface area contributed by atoms with Gasteiger partial charge in [0.1, 0.15) is 0 Å². The number of alkyl halides is 4. The van der Waals surface area contributed by atoms with Crippen LogP contribution in [-0.2, 0) is 9.59 Å². The predicted molar refractivity (Wildman–Crippen MR) is 35.8 cm³/mol. The molecule has 0 saturated heterocycles. The van der Waals surface area contributed by atoms with Crippen molar-refractivity contribution in [1.82, 2.24) is 0 Å². The molecule has 0 radical (unpaired) electrons. The van der Waals surface area contributed by atoms with Gasteiger partial charge in [-0.3, -0.25) is 9.59 Å². The highest BCUT2D eigenvalue weighted by Gasteiger charge is 2.46. The zero-order chi connectivity index (χ0) is 10.8. The summed E-state index contributed by atoms with van der Waals surface area (Å²) in [7, 11) is 0. The van der Waals surface area contributed by atoms with Gasteiger partial charge in [0.2, 0.25) is 6.17 Å². The molecule has 0 fully saturated rings. The lowest BCUT2D eigenvalue weighted by Crippen LogP contribution is -2.38. The summed E-state index contributed by atoms with van der Waals surface area (Å²) in [6.45, 7) is 2.44. The Hall–Kier alpha value is -0.940. The van der Waals surface area contributed by atoms with E-state index in [1.54, 1.807) is 0 Å². The van der Waals surface area contributed by atoms with Crippen molar-refractivity contribution < 1.29 is 27.2 Å². The maximum atomic E-state index is 12.5. The molecule has 0 amide bonds.